The molecule has 84 valence electrons. The summed E-state index contributed by atoms with van der Waals surface area (Å²) in [6.07, 6.45) is 1.69. The van der Waals surface area contributed by atoms with Gasteiger partial charge in [0, 0.05) is 11.8 Å². The normalized spacial score (nSPS) is 10.8. The molecule has 0 aliphatic carbocycles. The van der Waals surface area contributed by atoms with Gasteiger partial charge >= 0.3 is 0 Å². The van der Waals surface area contributed by atoms with Crippen LogP contribution in [-0.4, -0.2) is 9.78 Å². The highest BCUT2D eigenvalue weighted by Crippen LogP contribution is 2.22. The number of benzene rings is 1. The third-order valence-corrected chi connectivity index (χ3v) is 2.85. The molecule has 0 aliphatic rings. The summed E-state index contributed by atoms with van der Waals surface area (Å²) in [6.45, 7) is 1.91. The zero-order valence-electron chi connectivity index (χ0n) is 8.54. The van der Waals surface area contributed by atoms with Crippen LogP contribution in [0.25, 0.3) is 0 Å². The molecule has 2 nitrogen and oxygen atoms in total. The Labute approximate surface area is 100 Å². The molecule has 2 aromatic rings. The number of rotatable bonds is 2. The summed E-state index contributed by atoms with van der Waals surface area (Å²) in [6, 6.07) is 4.37. The minimum atomic E-state index is -0.576. The van der Waals surface area contributed by atoms with Gasteiger partial charge in [0.1, 0.15) is 11.6 Å². The lowest BCUT2D eigenvalue weighted by Gasteiger charge is -2.06. The molecule has 0 saturated carbocycles. The Hall–Kier alpha value is -1.23. The summed E-state index contributed by atoms with van der Waals surface area (Å²) in [5, 5.41) is 4.09. The first-order valence-electron chi connectivity index (χ1n) is 4.70. The van der Waals surface area contributed by atoms with E-state index in [0.717, 1.165) is 5.69 Å². The van der Waals surface area contributed by atoms with Crippen molar-refractivity contribution < 1.29 is 8.78 Å². The van der Waals surface area contributed by atoms with Crippen molar-refractivity contribution in [3.8, 4) is 0 Å². The van der Waals surface area contributed by atoms with Gasteiger partial charge in [-0.1, -0.05) is 0 Å². The molecule has 2 rings (SSSR count). The van der Waals surface area contributed by atoms with Crippen LogP contribution in [0.1, 0.15) is 11.3 Å². The molecule has 16 heavy (non-hydrogen) atoms. The Kier molecular flexibility index (Phi) is 3.05. The van der Waals surface area contributed by atoms with Crippen LogP contribution in [0, 0.1) is 18.6 Å². The van der Waals surface area contributed by atoms with Crippen LogP contribution in [0.5, 0.6) is 0 Å². The van der Waals surface area contributed by atoms with Gasteiger partial charge in [-0.2, -0.15) is 5.10 Å². The number of aromatic nitrogens is 2. The Balaban J connectivity index is 2.37. The summed E-state index contributed by atoms with van der Waals surface area (Å²) >= 11 is 3.03. The highest BCUT2D eigenvalue weighted by Gasteiger charge is 2.12. The first-order chi connectivity index (χ1) is 7.58. The number of hydrogen-bond acceptors (Lipinski definition) is 1. The van der Waals surface area contributed by atoms with E-state index in [0.29, 0.717) is 0 Å². The molecule has 0 saturated heterocycles. The molecule has 0 amide bonds. The van der Waals surface area contributed by atoms with Gasteiger partial charge in [-0.25, -0.2) is 8.78 Å². The van der Waals surface area contributed by atoms with Crippen molar-refractivity contribution in [1.82, 2.24) is 9.78 Å². The summed E-state index contributed by atoms with van der Waals surface area (Å²) in [5.74, 6) is -1.14. The van der Waals surface area contributed by atoms with E-state index in [1.807, 2.05) is 6.92 Å². The summed E-state index contributed by atoms with van der Waals surface area (Å²) in [7, 11) is 0. The minimum absolute atomic E-state index is 0.0116. The zero-order valence-corrected chi connectivity index (χ0v) is 10.1. The van der Waals surface area contributed by atoms with Crippen molar-refractivity contribution in [3.05, 3.63) is 51.8 Å². The van der Waals surface area contributed by atoms with E-state index in [-0.39, 0.29) is 16.6 Å². The average molecular weight is 287 g/mol. The van der Waals surface area contributed by atoms with Crippen LogP contribution in [0.4, 0.5) is 8.78 Å². The van der Waals surface area contributed by atoms with Gasteiger partial charge in [0.05, 0.1) is 16.7 Å². The predicted octanol–water partition coefficient (Wildman–Crippen LogP) is 3.28. The van der Waals surface area contributed by atoms with E-state index in [4.69, 9.17) is 0 Å². The molecule has 0 aliphatic heterocycles. The molecule has 1 aromatic carbocycles. The van der Waals surface area contributed by atoms with Crippen LogP contribution < -0.4 is 0 Å². The predicted molar refractivity (Wildman–Crippen MR) is 60.1 cm³/mol. The first-order valence-corrected chi connectivity index (χ1v) is 5.49. The SMILES string of the molecule is Cc1ccn(Cc2c(F)ccc(Br)c2F)n1. The van der Waals surface area contributed by atoms with Gasteiger partial charge in [0.15, 0.2) is 0 Å². The second-order valence-electron chi connectivity index (χ2n) is 3.48. The molecule has 0 radical (unpaired) electrons. The standard InChI is InChI=1S/C11H9BrF2N2/c1-7-4-5-16(15-7)6-8-10(13)3-2-9(12)11(8)14/h2-5H,6H2,1H3. The highest BCUT2D eigenvalue weighted by molar-refractivity contribution is 9.10. The van der Waals surface area contributed by atoms with Crippen LogP contribution in [0.15, 0.2) is 28.9 Å². The molecule has 1 heterocycles. The van der Waals surface area contributed by atoms with E-state index in [1.165, 1.54) is 16.8 Å². The van der Waals surface area contributed by atoms with Gasteiger partial charge in [-0.15, -0.1) is 0 Å². The van der Waals surface area contributed by atoms with Gasteiger partial charge in [-0.3, -0.25) is 4.68 Å². The van der Waals surface area contributed by atoms with E-state index in [9.17, 15) is 8.78 Å². The van der Waals surface area contributed by atoms with E-state index in [2.05, 4.69) is 21.0 Å². The lowest BCUT2D eigenvalue weighted by atomic mass is 10.2. The molecule has 0 fully saturated rings. The maximum Gasteiger partial charge on any atom is 0.145 e. The molecular formula is C11H9BrF2N2. The second kappa shape index (κ2) is 4.33. The van der Waals surface area contributed by atoms with Crippen molar-refractivity contribution in [2.75, 3.05) is 0 Å². The van der Waals surface area contributed by atoms with E-state index in [1.54, 1.807) is 12.3 Å². The summed E-state index contributed by atoms with van der Waals surface area (Å²) < 4.78 is 28.8. The van der Waals surface area contributed by atoms with Crippen molar-refractivity contribution >= 4 is 15.9 Å². The fourth-order valence-corrected chi connectivity index (χ4v) is 1.80. The van der Waals surface area contributed by atoms with Gasteiger partial charge in [-0.05, 0) is 41.1 Å². The van der Waals surface area contributed by atoms with Crippen molar-refractivity contribution in [3.63, 3.8) is 0 Å². The molecule has 1 aromatic heterocycles. The number of aryl methyl sites for hydroxylation is 1. The minimum Gasteiger partial charge on any atom is -0.268 e. The van der Waals surface area contributed by atoms with Crippen LogP contribution >= 0.6 is 15.9 Å². The Morgan fingerprint density at radius 3 is 2.69 bits per heavy atom. The van der Waals surface area contributed by atoms with Gasteiger partial charge in [0.25, 0.3) is 0 Å². The van der Waals surface area contributed by atoms with E-state index >= 15 is 0 Å². The lowest BCUT2D eigenvalue weighted by molar-refractivity contribution is 0.528. The molecule has 5 heteroatoms. The monoisotopic (exact) mass is 286 g/mol. The average Bonchev–Trinajstić information content (AvgIpc) is 2.65. The molecular weight excluding hydrogens is 278 g/mol. The lowest BCUT2D eigenvalue weighted by Crippen LogP contribution is -2.05. The molecule has 0 spiro atoms. The maximum atomic E-state index is 13.6. The smallest absolute Gasteiger partial charge is 0.145 e. The largest absolute Gasteiger partial charge is 0.268 e. The Bertz CT molecular complexity index is 523. The molecule has 0 bridgehead atoms. The first kappa shape index (κ1) is 11.3. The number of halogens is 3. The fraction of sp³-hybridized carbons (Fsp3) is 0.182. The van der Waals surface area contributed by atoms with E-state index < -0.39 is 11.6 Å². The quantitative estimate of drug-likeness (QED) is 0.775. The Morgan fingerprint density at radius 2 is 2.06 bits per heavy atom. The van der Waals surface area contributed by atoms with Gasteiger partial charge < -0.3 is 0 Å². The topological polar surface area (TPSA) is 17.8 Å². The van der Waals surface area contributed by atoms with Crippen molar-refractivity contribution in [2.45, 2.75) is 13.5 Å². The third-order valence-electron chi connectivity index (χ3n) is 2.23. The van der Waals surface area contributed by atoms with Crippen molar-refractivity contribution in [1.29, 1.82) is 0 Å². The fourth-order valence-electron chi connectivity index (χ4n) is 1.43. The number of nitrogens with zero attached hydrogens (tertiary/aromatic N) is 2. The van der Waals surface area contributed by atoms with Crippen molar-refractivity contribution in [2.24, 2.45) is 0 Å². The van der Waals surface area contributed by atoms with Gasteiger partial charge in [0.2, 0.25) is 0 Å². The second-order valence-corrected chi connectivity index (χ2v) is 4.33. The van der Waals surface area contributed by atoms with Crippen LogP contribution in [0.2, 0.25) is 0 Å². The zero-order chi connectivity index (χ0) is 11.7. The van der Waals surface area contributed by atoms with Crippen LogP contribution in [-0.2, 0) is 6.54 Å². The summed E-state index contributed by atoms with van der Waals surface area (Å²) in [5.41, 5.74) is 0.827. The van der Waals surface area contributed by atoms with Crippen LogP contribution in [0.3, 0.4) is 0 Å². The Morgan fingerprint density at radius 1 is 1.31 bits per heavy atom. The maximum absolute atomic E-state index is 13.6. The molecule has 0 N–H and O–H groups in total. The third kappa shape index (κ3) is 2.14. The summed E-state index contributed by atoms with van der Waals surface area (Å²) in [4.78, 5) is 0. The molecule has 0 atom stereocenters. The highest BCUT2D eigenvalue weighted by atomic mass is 79.9. The number of hydrogen-bond donors (Lipinski definition) is 0. The molecule has 0 unspecified atom stereocenters.